The maximum Gasteiger partial charge on any atom is 0.186 e. The van der Waals surface area contributed by atoms with E-state index in [-0.39, 0.29) is 0 Å². The van der Waals surface area contributed by atoms with Gasteiger partial charge in [-0.05, 0) is 19.2 Å². The Bertz CT molecular complexity index is 1170. The molecule has 1 N–H and O–H groups in total. The van der Waals surface area contributed by atoms with Gasteiger partial charge in [-0.2, -0.15) is 0 Å². The van der Waals surface area contributed by atoms with E-state index in [1.807, 2.05) is 60.9 Å². The van der Waals surface area contributed by atoms with E-state index < -0.39 is 0 Å². The Morgan fingerprint density at radius 1 is 0.875 bits per heavy atom. The van der Waals surface area contributed by atoms with Crippen molar-refractivity contribution in [2.75, 3.05) is 50.0 Å². The molecule has 0 spiro atoms. The molecule has 1 saturated heterocycles. The molecule has 1 aliphatic heterocycles. The van der Waals surface area contributed by atoms with Gasteiger partial charge in [0.05, 0.1) is 6.20 Å². The minimum Gasteiger partial charge on any atom is -0.368 e. The van der Waals surface area contributed by atoms with E-state index in [0.717, 1.165) is 49.7 Å². The molecule has 162 valence electrons. The van der Waals surface area contributed by atoms with Crippen LogP contribution in [0.4, 0.5) is 11.6 Å². The molecule has 0 bridgehead atoms. The molecule has 32 heavy (non-hydrogen) atoms. The fraction of sp³-hybridized carbons (Fsp3) is 0.292. The van der Waals surface area contributed by atoms with Gasteiger partial charge in [-0.3, -0.25) is 4.98 Å². The predicted octanol–water partition coefficient (Wildman–Crippen LogP) is 2.89. The van der Waals surface area contributed by atoms with Gasteiger partial charge in [0.1, 0.15) is 5.82 Å². The number of benzene rings is 1. The lowest BCUT2D eigenvalue weighted by Gasteiger charge is -2.32. The average molecular weight is 427 g/mol. The fourth-order valence-corrected chi connectivity index (χ4v) is 3.78. The van der Waals surface area contributed by atoms with Crippen LogP contribution in [0.15, 0.2) is 60.9 Å². The number of anilines is 2. The van der Waals surface area contributed by atoms with Gasteiger partial charge in [-0.1, -0.05) is 36.4 Å². The van der Waals surface area contributed by atoms with Gasteiger partial charge in [0, 0.05) is 56.6 Å². The summed E-state index contributed by atoms with van der Waals surface area (Å²) in [6, 6.07) is 15.9. The van der Waals surface area contributed by atoms with Crippen LogP contribution in [0.25, 0.3) is 22.6 Å². The van der Waals surface area contributed by atoms with E-state index >= 15 is 0 Å². The number of hydrogen-bond donors (Lipinski definition) is 1. The first-order valence-corrected chi connectivity index (χ1v) is 10.9. The number of likely N-dealkylation sites (N-methyl/N-ethyl adjacent to an activating group) is 1. The van der Waals surface area contributed by atoms with Crippen molar-refractivity contribution in [1.29, 1.82) is 0 Å². The topological polar surface area (TPSA) is 83.0 Å². The molecule has 0 saturated carbocycles. The van der Waals surface area contributed by atoms with Crippen LogP contribution in [0.3, 0.4) is 0 Å². The Morgan fingerprint density at radius 3 is 2.47 bits per heavy atom. The molecular weight excluding hydrogens is 400 g/mol. The summed E-state index contributed by atoms with van der Waals surface area (Å²) in [6.07, 6.45) is 4.44. The second-order valence-electron chi connectivity index (χ2n) is 7.95. The van der Waals surface area contributed by atoms with Crippen LogP contribution in [-0.2, 0) is 6.42 Å². The number of nitrogens with one attached hydrogen (secondary N) is 1. The molecule has 3 aromatic heterocycles. The van der Waals surface area contributed by atoms with Gasteiger partial charge in [0.15, 0.2) is 22.8 Å². The molecule has 0 atom stereocenters. The summed E-state index contributed by atoms with van der Waals surface area (Å²) in [5.74, 6) is 2.20. The molecule has 0 unspecified atom stereocenters. The number of hydrogen-bond acceptors (Lipinski definition) is 8. The zero-order chi connectivity index (χ0) is 21.8. The molecule has 1 aliphatic rings. The summed E-state index contributed by atoms with van der Waals surface area (Å²) in [6.45, 7) is 4.59. The smallest absolute Gasteiger partial charge is 0.186 e. The monoisotopic (exact) mass is 426 g/mol. The third kappa shape index (κ3) is 4.50. The van der Waals surface area contributed by atoms with Crippen LogP contribution < -0.4 is 10.2 Å². The van der Waals surface area contributed by atoms with Crippen molar-refractivity contribution in [3.8, 4) is 11.4 Å². The predicted molar refractivity (Wildman–Crippen MR) is 127 cm³/mol. The summed E-state index contributed by atoms with van der Waals surface area (Å²) in [7, 11) is 2.14. The highest BCUT2D eigenvalue weighted by molar-refractivity contribution is 5.85. The molecule has 5 rings (SSSR count). The van der Waals surface area contributed by atoms with Crippen molar-refractivity contribution in [3.05, 3.63) is 66.6 Å². The maximum atomic E-state index is 4.88. The van der Waals surface area contributed by atoms with Crippen LogP contribution >= 0.6 is 0 Å². The Labute approximate surface area is 187 Å². The molecule has 0 radical (unpaired) electrons. The summed E-state index contributed by atoms with van der Waals surface area (Å²) in [5, 5.41) is 3.44. The Morgan fingerprint density at radius 2 is 1.69 bits per heavy atom. The van der Waals surface area contributed by atoms with Gasteiger partial charge < -0.3 is 15.1 Å². The average Bonchev–Trinajstić information content (AvgIpc) is 2.85. The van der Waals surface area contributed by atoms with E-state index in [4.69, 9.17) is 19.9 Å². The summed E-state index contributed by atoms with van der Waals surface area (Å²) < 4.78 is 0. The third-order valence-electron chi connectivity index (χ3n) is 5.65. The SMILES string of the molecule is CN1CCN(c2cnc3c(NCCc4ccccn4)nc(-c4ccccc4)nc3n2)CC1. The standard InChI is InChI=1S/C24H26N8/c1-31-13-15-32(16-14-31)20-17-27-21-23(26-12-10-19-9-5-6-11-25-19)29-22(30-24(21)28-20)18-7-3-2-4-8-18/h2-9,11,17H,10,12-16H2,1H3,(H,26,28,29,30). The number of fused-ring (bicyclic) bond motifs is 1. The van der Waals surface area contributed by atoms with E-state index in [1.54, 1.807) is 0 Å². The lowest BCUT2D eigenvalue weighted by molar-refractivity contribution is 0.312. The lowest BCUT2D eigenvalue weighted by Crippen LogP contribution is -2.44. The zero-order valence-corrected chi connectivity index (χ0v) is 18.1. The molecule has 8 heteroatoms. The Balaban J connectivity index is 1.47. The quantitative estimate of drug-likeness (QED) is 0.504. The molecule has 0 amide bonds. The summed E-state index contributed by atoms with van der Waals surface area (Å²) >= 11 is 0. The minimum atomic E-state index is 0.607. The first-order valence-electron chi connectivity index (χ1n) is 10.9. The van der Waals surface area contributed by atoms with Crippen molar-refractivity contribution in [1.82, 2.24) is 29.8 Å². The van der Waals surface area contributed by atoms with Crippen molar-refractivity contribution in [2.45, 2.75) is 6.42 Å². The molecule has 1 aromatic carbocycles. The second-order valence-corrected chi connectivity index (χ2v) is 7.95. The highest BCUT2D eigenvalue weighted by Crippen LogP contribution is 2.24. The zero-order valence-electron chi connectivity index (χ0n) is 18.1. The van der Waals surface area contributed by atoms with Crippen LogP contribution in [0.1, 0.15) is 5.69 Å². The van der Waals surface area contributed by atoms with Gasteiger partial charge >= 0.3 is 0 Å². The molecule has 4 heterocycles. The molecule has 8 nitrogen and oxygen atoms in total. The molecular formula is C24H26N8. The van der Waals surface area contributed by atoms with E-state index in [2.05, 4.69) is 27.1 Å². The van der Waals surface area contributed by atoms with Gasteiger partial charge in [0.2, 0.25) is 0 Å². The third-order valence-corrected chi connectivity index (χ3v) is 5.65. The highest BCUT2D eigenvalue weighted by atomic mass is 15.3. The number of rotatable bonds is 6. The number of nitrogens with zero attached hydrogens (tertiary/aromatic N) is 7. The van der Waals surface area contributed by atoms with Crippen molar-refractivity contribution >= 4 is 22.8 Å². The highest BCUT2D eigenvalue weighted by Gasteiger charge is 2.18. The number of aromatic nitrogens is 5. The largest absolute Gasteiger partial charge is 0.368 e. The molecule has 0 aliphatic carbocycles. The van der Waals surface area contributed by atoms with E-state index in [1.165, 1.54) is 0 Å². The minimum absolute atomic E-state index is 0.607. The van der Waals surface area contributed by atoms with Gasteiger partial charge in [-0.15, -0.1) is 0 Å². The normalized spacial score (nSPS) is 14.6. The first kappa shape index (κ1) is 20.3. The maximum absolute atomic E-state index is 4.88. The molecule has 1 fully saturated rings. The first-order chi connectivity index (χ1) is 15.8. The van der Waals surface area contributed by atoms with Crippen LogP contribution in [-0.4, -0.2) is 69.6 Å². The van der Waals surface area contributed by atoms with Gasteiger partial charge in [0.25, 0.3) is 0 Å². The lowest BCUT2D eigenvalue weighted by atomic mass is 10.2. The number of piperazine rings is 1. The summed E-state index contributed by atoms with van der Waals surface area (Å²) in [5.41, 5.74) is 3.28. The van der Waals surface area contributed by atoms with Crippen LogP contribution in [0.2, 0.25) is 0 Å². The number of pyridine rings is 1. The van der Waals surface area contributed by atoms with E-state index in [9.17, 15) is 0 Å². The van der Waals surface area contributed by atoms with Crippen LogP contribution in [0.5, 0.6) is 0 Å². The van der Waals surface area contributed by atoms with Crippen molar-refractivity contribution in [2.24, 2.45) is 0 Å². The summed E-state index contributed by atoms with van der Waals surface area (Å²) in [4.78, 5) is 28.1. The van der Waals surface area contributed by atoms with Crippen molar-refractivity contribution in [3.63, 3.8) is 0 Å². The fourth-order valence-electron chi connectivity index (χ4n) is 3.78. The van der Waals surface area contributed by atoms with Crippen LogP contribution in [0, 0.1) is 0 Å². The Kier molecular flexibility index (Phi) is 5.85. The molecule has 4 aromatic rings. The second kappa shape index (κ2) is 9.23. The van der Waals surface area contributed by atoms with E-state index in [0.29, 0.717) is 29.4 Å². The van der Waals surface area contributed by atoms with Gasteiger partial charge in [-0.25, -0.2) is 19.9 Å². The Hall–Kier alpha value is -3.65. The van der Waals surface area contributed by atoms with Crippen molar-refractivity contribution < 1.29 is 0 Å².